The first-order valence-corrected chi connectivity index (χ1v) is 8.96. The van der Waals surface area contributed by atoms with Crippen molar-refractivity contribution in [3.8, 4) is 0 Å². The maximum absolute atomic E-state index is 12.2. The lowest BCUT2D eigenvalue weighted by Crippen LogP contribution is -2.46. The van der Waals surface area contributed by atoms with Crippen molar-refractivity contribution in [3.05, 3.63) is 36.3 Å². The summed E-state index contributed by atoms with van der Waals surface area (Å²) in [4.78, 5) is 27.9. The van der Waals surface area contributed by atoms with Crippen LogP contribution in [0.3, 0.4) is 0 Å². The molecule has 23 heavy (non-hydrogen) atoms. The summed E-state index contributed by atoms with van der Waals surface area (Å²) in [6, 6.07) is 5.36. The molecule has 2 N–H and O–H groups in total. The highest BCUT2D eigenvalue weighted by Gasteiger charge is 2.18. The number of aromatic nitrogens is 2. The lowest BCUT2D eigenvalue weighted by Gasteiger charge is -2.16. The van der Waals surface area contributed by atoms with Crippen molar-refractivity contribution in [2.45, 2.75) is 25.8 Å². The van der Waals surface area contributed by atoms with Crippen LogP contribution in [-0.2, 0) is 16.0 Å². The first-order valence-electron chi connectivity index (χ1n) is 7.56. The average molecular weight is 334 g/mol. The van der Waals surface area contributed by atoms with Crippen LogP contribution in [0.5, 0.6) is 0 Å². The standard InChI is InChI=1S/C16H22N4O2S/c1-12(21)18-14(7-10-23-2)16(22)17-8-6-13-11-20-9-4-3-5-15(20)19-13/h3-5,9,11,14H,6-8,10H2,1-2H3,(H,17,22)(H,18,21)/t14-/m0/s1. The van der Waals surface area contributed by atoms with Crippen LogP contribution in [0.1, 0.15) is 19.0 Å². The van der Waals surface area contributed by atoms with Gasteiger partial charge in [0.25, 0.3) is 0 Å². The van der Waals surface area contributed by atoms with Crippen molar-refractivity contribution in [1.29, 1.82) is 0 Å². The number of nitrogens with one attached hydrogen (secondary N) is 2. The summed E-state index contributed by atoms with van der Waals surface area (Å²) in [5, 5.41) is 5.58. The Balaban J connectivity index is 1.85. The topological polar surface area (TPSA) is 75.5 Å². The van der Waals surface area contributed by atoms with Crippen LogP contribution in [0.25, 0.3) is 5.65 Å². The molecule has 2 rings (SSSR count). The molecule has 0 aromatic carbocycles. The lowest BCUT2D eigenvalue weighted by atomic mass is 10.2. The second-order valence-electron chi connectivity index (χ2n) is 5.27. The number of hydrogen-bond acceptors (Lipinski definition) is 4. The summed E-state index contributed by atoms with van der Waals surface area (Å²) < 4.78 is 1.95. The second-order valence-corrected chi connectivity index (χ2v) is 6.26. The normalized spacial score (nSPS) is 12.1. The summed E-state index contributed by atoms with van der Waals surface area (Å²) >= 11 is 1.65. The summed E-state index contributed by atoms with van der Waals surface area (Å²) in [6.07, 6.45) is 7.16. The minimum absolute atomic E-state index is 0.141. The molecule has 0 saturated heterocycles. The van der Waals surface area contributed by atoms with Crippen LogP contribution < -0.4 is 10.6 Å². The highest BCUT2D eigenvalue weighted by Crippen LogP contribution is 2.05. The molecule has 0 unspecified atom stereocenters. The number of imidazole rings is 1. The molecule has 0 aliphatic carbocycles. The molecule has 0 bridgehead atoms. The summed E-state index contributed by atoms with van der Waals surface area (Å²) in [5.74, 6) is 0.495. The smallest absolute Gasteiger partial charge is 0.242 e. The van der Waals surface area contributed by atoms with E-state index in [1.807, 2.05) is 41.2 Å². The molecule has 0 spiro atoms. The zero-order chi connectivity index (χ0) is 16.7. The van der Waals surface area contributed by atoms with Gasteiger partial charge in [-0.25, -0.2) is 4.98 Å². The molecule has 2 amide bonds. The highest BCUT2D eigenvalue weighted by atomic mass is 32.2. The summed E-state index contributed by atoms with van der Waals surface area (Å²) in [6.45, 7) is 1.92. The molecular formula is C16H22N4O2S. The van der Waals surface area contributed by atoms with E-state index in [0.717, 1.165) is 17.1 Å². The molecule has 0 aliphatic rings. The van der Waals surface area contributed by atoms with Gasteiger partial charge in [-0.05, 0) is 30.6 Å². The van der Waals surface area contributed by atoms with Gasteiger partial charge in [-0.1, -0.05) is 6.07 Å². The van der Waals surface area contributed by atoms with Crippen molar-refractivity contribution in [3.63, 3.8) is 0 Å². The van der Waals surface area contributed by atoms with E-state index in [9.17, 15) is 9.59 Å². The van der Waals surface area contributed by atoms with Crippen LogP contribution in [0.2, 0.25) is 0 Å². The van der Waals surface area contributed by atoms with E-state index in [1.54, 1.807) is 11.8 Å². The van der Waals surface area contributed by atoms with Gasteiger partial charge in [-0.2, -0.15) is 11.8 Å². The minimum atomic E-state index is -0.471. The Hall–Kier alpha value is -2.02. The first-order chi connectivity index (χ1) is 11.1. The van der Waals surface area contributed by atoms with Crippen molar-refractivity contribution in [2.24, 2.45) is 0 Å². The Labute approximate surface area is 140 Å². The van der Waals surface area contributed by atoms with Gasteiger partial charge in [-0.15, -0.1) is 0 Å². The molecule has 7 heteroatoms. The fourth-order valence-electron chi connectivity index (χ4n) is 2.29. The number of amides is 2. The molecule has 2 aromatic rings. The number of thioether (sulfide) groups is 1. The van der Waals surface area contributed by atoms with Crippen LogP contribution in [-0.4, -0.2) is 45.8 Å². The summed E-state index contributed by atoms with van der Waals surface area (Å²) in [7, 11) is 0. The Kier molecular flexibility index (Phi) is 6.46. The van der Waals surface area contributed by atoms with E-state index >= 15 is 0 Å². The maximum atomic E-state index is 12.2. The van der Waals surface area contributed by atoms with E-state index < -0.39 is 6.04 Å². The zero-order valence-electron chi connectivity index (χ0n) is 13.4. The average Bonchev–Trinajstić information content (AvgIpc) is 2.93. The number of pyridine rings is 1. The number of fused-ring (bicyclic) bond motifs is 1. The Morgan fingerprint density at radius 3 is 2.91 bits per heavy atom. The Morgan fingerprint density at radius 2 is 2.22 bits per heavy atom. The number of nitrogens with zero attached hydrogens (tertiary/aromatic N) is 2. The van der Waals surface area contributed by atoms with E-state index in [-0.39, 0.29) is 11.8 Å². The number of carbonyl (C=O) groups excluding carboxylic acids is 2. The lowest BCUT2D eigenvalue weighted by molar-refractivity contribution is -0.128. The van der Waals surface area contributed by atoms with E-state index in [2.05, 4.69) is 15.6 Å². The number of rotatable bonds is 8. The Bertz CT molecular complexity index is 638. The third-order valence-corrected chi connectivity index (χ3v) is 4.04. The Morgan fingerprint density at radius 1 is 1.39 bits per heavy atom. The molecule has 0 fully saturated rings. The van der Waals surface area contributed by atoms with Crippen LogP contribution >= 0.6 is 11.8 Å². The fraction of sp³-hybridized carbons (Fsp3) is 0.438. The highest BCUT2D eigenvalue weighted by molar-refractivity contribution is 7.98. The van der Waals surface area contributed by atoms with Gasteiger partial charge in [0, 0.05) is 32.3 Å². The monoisotopic (exact) mass is 334 g/mol. The molecule has 1 atom stereocenters. The maximum Gasteiger partial charge on any atom is 0.242 e. The largest absolute Gasteiger partial charge is 0.354 e. The predicted octanol–water partition coefficient (Wildman–Crippen LogP) is 1.25. The SMILES string of the molecule is CSCC[C@H](NC(C)=O)C(=O)NCCc1cn2ccccc2n1. The van der Waals surface area contributed by atoms with Crippen LogP contribution in [0.15, 0.2) is 30.6 Å². The molecule has 2 heterocycles. The van der Waals surface area contributed by atoms with Crippen LogP contribution in [0, 0.1) is 0 Å². The van der Waals surface area contributed by atoms with Crippen molar-refractivity contribution in [2.75, 3.05) is 18.6 Å². The van der Waals surface area contributed by atoms with Crippen molar-refractivity contribution >= 4 is 29.2 Å². The zero-order valence-corrected chi connectivity index (χ0v) is 14.2. The summed E-state index contributed by atoms with van der Waals surface area (Å²) in [5.41, 5.74) is 1.82. The van der Waals surface area contributed by atoms with Gasteiger partial charge < -0.3 is 15.0 Å². The van der Waals surface area contributed by atoms with Crippen molar-refractivity contribution < 1.29 is 9.59 Å². The molecular weight excluding hydrogens is 312 g/mol. The van der Waals surface area contributed by atoms with Gasteiger partial charge in [0.05, 0.1) is 5.69 Å². The fourth-order valence-corrected chi connectivity index (χ4v) is 2.77. The predicted molar refractivity (Wildman–Crippen MR) is 92.5 cm³/mol. The van der Waals surface area contributed by atoms with Crippen molar-refractivity contribution in [1.82, 2.24) is 20.0 Å². The number of carbonyl (C=O) groups is 2. The molecule has 0 saturated carbocycles. The molecule has 6 nitrogen and oxygen atoms in total. The first kappa shape index (κ1) is 17.3. The quantitative estimate of drug-likeness (QED) is 0.762. The van der Waals surface area contributed by atoms with Gasteiger partial charge in [0.1, 0.15) is 11.7 Å². The molecule has 2 aromatic heterocycles. The number of hydrogen-bond donors (Lipinski definition) is 2. The third-order valence-electron chi connectivity index (χ3n) is 3.40. The van der Waals surface area contributed by atoms with E-state index in [0.29, 0.717) is 19.4 Å². The van der Waals surface area contributed by atoms with Gasteiger partial charge in [-0.3, -0.25) is 9.59 Å². The molecule has 124 valence electrons. The van der Waals surface area contributed by atoms with Gasteiger partial charge >= 0.3 is 0 Å². The third kappa shape index (κ3) is 5.28. The van der Waals surface area contributed by atoms with Gasteiger partial charge in [0.2, 0.25) is 11.8 Å². The van der Waals surface area contributed by atoms with Crippen LogP contribution in [0.4, 0.5) is 0 Å². The van der Waals surface area contributed by atoms with Gasteiger partial charge in [0.15, 0.2) is 0 Å². The van der Waals surface area contributed by atoms with E-state index in [4.69, 9.17) is 0 Å². The minimum Gasteiger partial charge on any atom is -0.354 e. The second kappa shape index (κ2) is 8.57. The van der Waals surface area contributed by atoms with E-state index in [1.165, 1.54) is 6.92 Å². The molecule has 0 aliphatic heterocycles. The molecule has 0 radical (unpaired) electrons.